The van der Waals surface area contributed by atoms with Crippen LogP contribution in [0.3, 0.4) is 0 Å². The summed E-state index contributed by atoms with van der Waals surface area (Å²) in [6.07, 6.45) is 1.38. The van der Waals surface area contributed by atoms with Crippen LogP contribution < -0.4 is 15.7 Å². The van der Waals surface area contributed by atoms with Gasteiger partial charge in [0.25, 0.3) is 17.4 Å². The number of hydrogen-bond acceptors (Lipinski definition) is 6. The number of H-pyrrole nitrogens is 2. The highest BCUT2D eigenvalue weighted by Gasteiger charge is 2.21. The van der Waals surface area contributed by atoms with Crippen molar-refractivity contribution in [2.45, 2.75) is 6.92 Å². The van der Waals surface area contributed by atoms with Gasteiger partial charge in [-0.3, -0.25) is 9.78 Å². The standard InChI is InChI=1S/C10H12N6O3/c1-3-19-10(18)7-8(14-5-13-7)16-15-6(4-11)9(17)12-2/h5,16H,3H2,1-2H3,(H,12,17)(H,13,14)/p+1. The number of ether oxygens (including phenoxy) is 1. The third kappa shape index (κ3) is 3.53. The lowest BCUT2D eigenvalue weighted by Gasteiger charge is -1.98. The first-order valence-electron chi connectivity index (χ1n) is 5.36. The number of rotatable bonds is 5. The summed E-state index contributed by atoms with van der Waals surface area (Å²) in [6.45, 7) is 1.90. The van der Waals surface area contributed by atoms with Crippen LogP contribution in [0.2, 0.25) is 0 Å². The summed E-state index contributed by atoms with van der Waals surface area (Å²) >= 11 is 0. The van der Waals surface area contributed by atoms with Crippen LogP contribution in [0, 0.1) is 11.3 Å². The van der Waals surface area contributed by atoms with Gasteiger partial charge in [-0.1, -0.05) is 5.10 Å². The van der Waals surface area contributed by atoms with Gasteiger partial charge in [-0.2, -0.15) is 10.7 Å². The van der Waals surface area contributed by atoms with Crippen molar-refractivity contribution >= 4 is 23.4 Å². The molecule has 0 radical (unpaired) electrons. The molecular weight excluding hydrogens is 252 g/mol. The molecule has 1 heterocycles. The summed E-state index contributed by atoms with van der Waals surface area (Å²) in [5.74, 6) is -1.03. The minimum Gasteiger partial charge on any atom is -0.460 e. The predicted octanol–water partition coefficient (Wildman–Crippen LogP) is -0.957. The molecule has 100 valence electrons. The van der Waals surface area contributed by atoms with E-state index in [1.54, 1.807) is 13.0 Å². The minimum absolute atomic E-state index is 0.111. The van der Waals surface area contributed by atoms with Gasteiger partial charge in [0.15, 0.2) is 6.33 Å². The maximum absolute atomic E-state index is 11.5. The molecule has 1 amide bonds. The largest absolute Gasteiger partial charge is 0.460 e. The highest BCUT2D eigenvalue weighted by molar-refractivity contribution is 6.45. The molecule has 0 aliphatic heterocycles. The Labute approximate surface area is 108 Å². The molecule has 0 fully saturated rings. The summed E-state index contributed by atoms with van der Waals surface area (Å²) in [7, 11) is 1.38. The number of amides is 1. The molecule has 0 aliphatic rings. The van der Waals surface area contributed by atoms with E-state index < -0.39 is 11.9 Å². The molecule has 0 aliphatic carbocycles. The van der Waals surface area contributed by atoms with E-state index in [0.29, 0.717) is 0 Å². The van der Waals surface area contributed by atoms with Crippen molar-refractivity contribution in [2.75, 3.05) is 19.1 Å². The number of nitrogens with zero attached hydrogens (tertiary/aromatic N) is 2. The Kier molecular flexibility index (Phi) is 5.04. The molecule has 0 bridgehead atoms. The van der Waals surface area contributed by atoms with Crippen LogP contribution in [0.15, 0.2) is 11.4 Å². The van der Waals surface area contributed by atoms with E-state index in [0.717, 1.165) is 0 Å². The van der Waals surface area contributed by atoms with Crippen LogP contribution in [0.25, 0.3) is 0 Å². The van der Waals surface area contributed by atoms with Crippen LogP contribution in [-0.2, 0) is 9.53 Å². The molecule has 0 aromatic carbocycles. The molecule has 0 saturated carbocycles. The van der Waals surface area contributed by atoms with Crippen molar-refractivity contribution < 1.29 is 19.3 Å². The molecular formula is C10H13N6O3+. The minimum atomic E-state index is -0.636. The Bertz CT molecular complexity index is 542. The van der Waals surface area contributed by atoms with Crippen molar-refractivity contribution in [1.82, 2.24) is 10.3 Å². The van der Waals surface area contributed by atoms with Gasteiger partial charge in [-0.05, 0) is 6.92 Å². The molecule has 1 rings (SSSR count). The molecule has 1 aromatic heterocycles. The lowest BCUT2D eigenvalue weighted by Crippen LogP contribution is -2.27. The van der Waals surface area contributed by atoms with Crippen LogP contribution in [0.5, 0.6) is 0 Å². The lowest BCUT2D eigenvalue weighted by molar-refractivity contribution is -0.359. The summed E-state index contributed by atoms with van der Waals surface area (Å²) in [5.41, 5.74) is 2.16. The Morgan fingerprint density at radius 2 is 2.37 bits per heavy atom. The second kappa shape index (κ2) is 6.75. The van der Waals surface area contributed by atoms with Crippen molar-refractivity contribution in [1.29, 1.82) is 5.26 Å². The number of carbonyl (C=O) groups is 2. The zero-order valence-electron chi connectivity index (χ0n) is 10.4. The van der Waals surface area contributed by atoms with Crippen molar-refractivity contribution in [3.8, 4) is 6.07 Å². The number of imidazole rings is 1. The summed E-state index contributed by atoms with van der Waals surface area (Å²) < 4.78 is 4.81. The van der Waals surface area contributed by atoms with Gasteiger partial charge in [0.05, 0.1) is 6.61 Å². The van der Waals surface area contributed by atoms with Gasteiger partial charge in [0.2, 0.25) is 5.71 Å². The zero-order chi connectivity index (χ0) is 14.3. The van der Waals surface area contributed by atoms with Crippen LogP contribution in [0.1, 0.15) is 17.4 Å². The average molecular weight is 265 g/mol. The monoisotopic (exact) mass is 265 g/mol. The number of anilines is 1. The second-order valence-electron chi connectivity index (χ2n) is 3.17. The summed E-state index contributed by atoms with van der Waals surface area (Å²) in [5, 5.41) is 14.6. The number of esters is 1. The molecule has 9 heteroatoms. The van der Waals surface area contributed by atoms with E-state index in [4.69, 9.17) is 10.00 Å². The highest BCUT2D eigenvalue weighted by Crippen LogP contribution is 2.07. The Hall–Kier alpha value is -2.89. The maximum atomic E-state index is 11.5. The van der Waals surface area contributed by atoms with Gasteiger partial charge >= 0.3 is 5.97 Å². The Morgan fingerprint density at radius 1 is 1.63 bits per heavy atom. The average Bonchev–Trinajstić information content (AvgIpc) is 2.87. The van der Waals surface area contributed by atoms with Gasteiger partial charge in [0, 0.05) is 7.05 Å². The fraction of sp³-hybridized carbons (Fsp3) is 0.300. The zero-order valence-corrected chi connectivity index (χ0v) is 10.4. The van der Waals surface area contributed by atoms with E-state index in [9.17, 15) is 9.59 Å². The third-order valence-corrected chi connectivity index (χ3v) is 1.99. The molecule has 0 unspecified atom stereocenters. The van der Waals surface area contributed by atoms with Gasteiger partial charge in [-0.15, -0.1) is 0 Å². The topological polar surface area (TPSA) is 134 Å². The van der Waals surface area contributed by atoms with Crippen LogP contribution in [-0.4, -0.2) is 36.2 Å². The molecule has 4 N–H and O–H groups in total. The number of aromatic amines is 2. The molecule has 0 spiro atoms. The van der Waals surface area contributed by atoms with Gasteiger partial charge in [-0.25, -0.2) is 9.78 Å². The van der Waals surface area contributed by atoms with E-state index in [2.05, 4.69) is 25.8 Å². The SMILES string of the molecule is CCOC(=O)c1[nH]c[nH+]c1NN=C(C#N)C(=O)NC. The highest BCUT2D eigenvalue weighted by atomic mass is 16.5. The number of carbonyl (C=O) groups excluding carboxylic acids is 2. The third-order valence-electron chi connectivity index (χ3n) is 1.99. The van der Waals surface area contributed by atoms with Crippen molar-refractivity contribution in [2.24, 2.45) is 5.10 Å². The van der Waals surface area contributed by atoms with E-state index in [1.165, 1.54) is 13.4 Å². The van der Waals surface area contributed by atoms with Crippen molar-refractivity contribution in [3.05, 3.63) is 12.0 Å². The van der Waals surface area contributed by atoms with E-state index >= 15 is 0 Å². The first-order valence-corrected chi connectivity index (χ1v) is 5.36. The number of hydrazone groups is 1. The fourth-order valence-corrected chi connectivity index (χ4v) is 1.13. The number of nitriles is 1. The van der Waals surface area contributed by atoms with Gasteiger partial charge in [0.1, 0.15) is 6.07 Å². The van der Waals surface area contributed by atoms with E-state index in [1.807, 2.05) is 0 Å². The molecule has 0 saturated heterocycles. The molecule has 19 heavy (non-hydrogen) atoms. The van der Waals surface area contributed by atoms with E-state index in [-0.39, 0.29) is 23.8 Å². The maximum Gasteiger partial charge on any atom is 0.377 e. The number of hydrogen-bond donors (Lipinski definition) is 3. The quantitative estimate of drug-likeness (QED) is 0.358. The predicted molar refractivity (Wildman–Crippen MR) is 64.0 cm³/mol. The molecule has 9 nitrogen and oxygen atoms in total. The van der Waals surface area contributed by atoms with Gasteiger partial charge < -0.3 is 10.1 Å². The first-order chi connectivity index (χ1) is 9.13. The smallest absolute Gasteiger partial charge is 0.377 e. The van der Waals surface area contributed by atoms with Crippen LogP contribution in [0.4, 0.5) is 5.82 Å². The summed E-state index contributed by atoms with van der Waals surface area (Å²) in [6, 6.07) is 1.62. The fourth-order valence-electron chi connectivity index (χ4n) is 1.13. The second-order valence-corrected chi connectivity index (χ2v) is 3.17. The number of nitrogens with one attached hydrogen (secondary N) is 4. The molecule has 0 atom stereocenters. The molecule has 1 aromatic rings. The van der Waals surface area contributed by atoms with Crippen molar-refractivity contribution in [3.63, 3.8) is 0 Å². The normalized spacial score (nSPS) is 10.5. The number of aromatic nitrogens is 2. The Balaban J connectivity index is 2.87. The van der Waals surface area contributed by atoms with Crippen LogP contribution >= 0.6 is 0 Å². The lowest BCUT2D eigenvalue weighted by atomic mass is 10.4. The Morgan fingerprint density at radius 3 is 2.95 bits per heavy atom. The first kappa shape index (κ1) is 14.2. The summed E-state index contributed by atoms with van der Waals surface area (Å²) in [4.78, 5) is 28.0.